The van der Waals surface area contributed by atoms with E-state index in [2.05, 4.69) is 50.1 Å². The number of likely N-dealkylation sites (tertiary alicyclic amines) is 1. The van der Waals surface area contributed by atoms with Crippen LogP contribution in [-0.2, 0) is 0 Å². The number of hydrogen-bond acceptors (Lipinski definition) is 1. The maximum absolute atomic E-state index is 2.36. The predicted octanol–water partition coefficient (Wildman–Crippen LogP) is 2.77. The molecule has 1 aliphatic heterocycles. The number of rotatable bonds is 1. The molecule has 1 saturated heterocycles. The SMILES string of the molecule is C\C=C/C=C1/CN(C)CC/C1=C/C. The van der Waals surface area contributed by atoms with Gasteiger partial charge < -0.3 is 4.90 Å². The minimum atomic E-state index is 1.09. The van der Waals surface area contributed by atoms with Gasteiger partial charge in [0.25, 0.3) is 0 Å². The molecule has 1 aliphatic rings. The quantitative estimate of drug-likeness (QED) is 0.595. The molecule has 0 aromatic heterocycles. The highest BCUT2D eigenvalue weighted by molar-refractivity contribution is 5.36. The number of hydrogen-bond donors (Lipinski definition) is 0. The van der Waals surface area contributed by atoms with E-state index in [1.807, 2.05) is 0 Å². The van der Waals surface area contributed by atoms with Gasteiger partial charge in [0.15, 0.2) is 0 Å². The standard InChI is InChI=1S/C12H19N/c1-4-6-7-12-10-13(3)9-8-11(12)5-2/h4-7H,8-10H2,1-3H3/b6-4-,11-5-,12-7-. The Morgan fingerprint density at radius 3 is 2.62 bits per heavy atom. The Hall–Kier alpha value is -0.820. The Balaban J connectivity index is 2.77. The van der Waals surface area contributed by atoms with Crippen molar-refractivity contribution in [2.75, 3.05) is 20.1 Å². The Morgan fingerprint density at radius 2 is 2.00 bits per heavy atom. The summed E-state index contributed by atoms with van der Waals surface area (Å²) < 4.78 is 0. The Bertz CT molecular complexity index is 246. The first-order chi connectivity index (χ1) is 6.27. The molecule has 0 aromatic carbocycles. The molecule has 0 radical (unpaired) electrons. The molecule has 0 N–H and O–H groups in total. The van der Waals surface area contributed by atoms with E-state index in [1.54, 1.807) is 0 Å². The summed E-state index contributed by atoms with van der Waals surface area (Å²) in [5, 5.41) is 0. The first-order valence-corrected chi connectivity index (χ1v) is 4.94. The van der Waals surface area contributed by atoms with Crippen LogP contribution in [0.4, 0.5) is 0 Å². The smallest absolute Gasteiger partial charge is 0.0233 e. The summed E-state index contributed by atoms with van der Waals surface area (Å²) in [5.74, 6) is 0. The molecule has 0 bridgehead atoms. The Kier molecular flexibility index (Phi) is 3.97. The van der Waals surface area contributed by atoms with E-state index in [9.17, 15) is 0 Å². The van der Waals surface area contributed by atoms with E-state index in [0.717, 1.165) is 6.54 Å². The number of nitrogens with zero attached hydrogens (tertiary/aromatic N) is 1. The van der Waals surface area contributed by atoms with Crippen molar-refractivity contribution in [3.05, 3.63) is 35.5 Å². The van der Waals surface area contributed by atoms with E-state index < -0.39 is 0 Å². The van der Waals surface area contributed by atoms with Crippen molar-refractivity contribution < 1.29 is 0 Å². The average Bonchev–Trinajstić information content (AvgIpc) is 2.15. The first-order valence-electron chi connectivity index (χ1n) is 4.94. The lowest BCUT2D eigenvalue weighted by molar-refractivity contribution is 0.348. The molecule has 1 fully saturated rings. The van der Waals surface area contributed by atoms with Gasteiger partial charge in [-0.2, -0.15) is 0 Å². The van der Waals surface area contributed by atoms with Gasteiger partial charge in [-0.25, -0.2) is 0 Å². The molecule has 1 rings (SSSR count). The molecule has 1 heteroatoms. The molecule has 72 valence electrons. The summed E-state index contributed by atoms with van der Waals surface area (Å²) in [6, 6.07) is 0. The second kappa shape index (κ2) is 5.03. The predicted molar refractivity (Wildman–Crippen MR) is 58.8 cm³/mol. The van der Waals surface area contributed by atoms with Crippen LogP contribution in [0.3, 0.4) is 0 Å². The molecule has 0 spiro atoms. The maximum Gasteiger partial charge on any atom is 0.0233 e. The normalized spacial score (nSPS) is 26.4. The zero-order chi connectivity index (χ0) is 9.68. The lowest BCUT2D eigenvalue weighted by Gasteiger charge is -2.26. The molecule has 13 heavy (non-hydrogen) atoms. The van der Waals surface area contributed by atoms with E-state index >= 15 is 0 Å². The fourth-order valence-electron chi connectivity index (χ4n) is 1.65. The minimum Gasteiger partial charge on any atom is -0.302 e. The zero-order valence-corrected chi connectivity index (χ0v) is 8.88. The van der Waals surface area contributed by atoms with Gasteiger partial charge in [-0.15, -0.1) is 0 Å². The Morgan fingerprint density at radius 1 is 1.23 bits per heavy atom. The molecule has 0 saturated carbocycles. The van der Waals surface area contributed by atoms with Crippen LogP contribution in [0.1, 0.15) is 20.3 Å². The summed E-state index contributed by atoms with van der Waals surface area (Å²) in [4.78, 5) is 2.36. The highest BCUT2D eigenvalue weighted by Gasteiger charge is 2.13. The van der Waals surface area contributed by atoms with Crippen molar-refractivity contribution in [2.45, 2.75) is 20.3 Å². The minimum absolute atomic E-state index is 1.09. The molecule has 1 nitrogen and oxygen atoms in total. The summed E-state index contributed by atoms with van der Waals surface area (Å²) in [5.41, 5.74) is 2.98. The summed E-state index contributed by atoms with van der Waals surface area (Å²) in [6.07, 6.45) is 9.86. The fourth-order valence-corrected chi connectivity index (χ4v) is 1.65. The van der Waals surface area contributed by atoms with Gasteiger partial charge in [0.1, 0.15) is 0 Å². The zero-order valence-electron chi connectivity index (χ0n) is 8.88. The number of piperidine rings is 1. The van der Waals surface area contributed by atoms with Gasteiger partial charge >= 0.3 is 0 Å². The topological polar surface area (TPSA) is 3.24 Å². The van der Waals surface area contributed by atoms with Crippen molar-refractivity contribution >= 4 is 0 Å². The van der Waals surface area contributed by atoms with E-state index in [1.165, 1.54) is 24.1 Å². The Labute approximate surface area is 81.4 Å². The summed E-state index contributed by atoms with van der Waals surface area (Å²) in [6.45, 7) is 6.46. The molecule has 1 heterocycles. The lowest BCUT2D eigenvalue weighted by Crippen LogP contribution is -2.28. The van der Waals surface area contributed by atoms with Gasteiger partial charge in [0.05, 0.1) is 0 Å². The average molecular weight is 177 g/mol. The fraction of sp³-hybridized carbons (Fsp3) is 0.500. The van der Waals surface area contributed by atoms with Gasteiger partial charge in [0, 0.05) is 13.1 Å². The number of allylic oxidation sites excluding steroid dienone is 4. The van der Waals surface area contributed by atoms with Crippen molar-refractivity contribution in [3.8, 4) is 0 Å². The van der Waals surface area contributed by atoms with Crippen molar-refractivity contribution in [2.24, 2.45) is 0 Å². The van der Waals surface area contributed by atoms with Crippen LogP contribution in [0.15, 0.2) is 35.5 Å². The van der Waals surface area contributed by atoms with Gasteiger partial charge in [0.2, 0.25) is 0 Å². The van der Waals surface area contributed by atoms with Crippen molar-refractivity contribution in [1.82, 2.24) is 4.90 Å². The second-order valence-corrected chi connectivity index (χ2v) is 3.52. The number of likely N-dealkylation sites (N-methyl/N-ethyl adjacent to an activating group) is 1. The van der Waals surface area contributed by atoms with Gasteiger partial charge in [-0.3, -0.25) is 0 Å². The van der Waals surface area contributed by atoms with Crippen LogP contribution < -0.4 is 0 Å². The third-order valence-electron chi connectivity index (χ3n) is 2.45. The van der Waals surface area contributed by atoms with Crippen molar-refractivity contribution in [3.63, 3.8) is 0 Å². The highest BCUT2D eigenvalue weighted by atomic mass is 15.1. The molecule has 0 aliphatic carbocycles. The third-order valence-corrected chi connectivity index (χ3v) is 2.45. The van der Waals surface area contributed by atoms with Crippen LogP contribution >= 0.6 is 0 Å². The lowest BCUT2D eigenvalue weighted by atomic mass is 9.97. The van der Waals surface area contributed by atoms with Crippen LogP contribution in [0.5, 0.6) is 0 Å². The molecule has 0 amide bonds. The third kappa shape index (κ3) is 2.85. The van der Waals surface area contributed by atoms with Crippen LogP contribution in [0.25, 0.3) is 0 Å². The monoisotopic (exact) mass is 177 g/mol. The maximum atomic E-state index is 2.36. The van der Waals surface area contributed by atoms with Crippen LogP contribution in [-0.4, -0.2) is 25.0 Å². The second-order valence-electron chi connectivity index (χ2n) is 3.52. The van der Waals surface area contributed by atoms with E-state index in [0.29, 0.717) is 0 Å². The molecular weight excluding hydrogens is 158 g/mol. The molecule has 0 atom stereocenters. The highest BCUT2D eigenvalue weighted by Crippen LogP contribution is 2.20. The van der Waals surface area contributed by atoms with E-state index in [4.69, 9.17) is 0 Å². The van der Waals surface area contributed by atoms with Crippen LogP contribution in [0, 0.1) is 0 Å². The molecular formula is C12H19N. The first kappa shape index (κ1) is 10.3. The summed E-state index contributed by atoms with van der Waals surface area (Å²) >= 11 is 0. The molecule has 0 aromatic rings. The molecule has 0 unspecified atom stereocenters. The van der Waals surface area contributed by atoms with Crippen LogP contribution in [0.2, 0.25) is 0 Å². The largest absolute Gasteiger partial charge is 0.302 e. The summed E-state index contributed by atoms with van der Waals surface area (Å²) in [7, 11) is 2.18. The van der Waals surface area contributed by atoms with Gasteiger partial charge in [-0.1, -0.05) is 24.3 Å². The van der Waals surface area contributed by atoms with E-state index in [-0.39, 0.29) is 0 Å². The van der Waals surface area contributed by atoms with Gasteiger partial charge in [-0.05, 0) is 38.5 Å². The van der Waals surface area contributed by atoms with Crippen molar-refractivity contribution in [1.29, 1.82) is 0 Å².